The van der Waals surface area contributed by atoms with Crippen LogP contribution in [0.3, 0.4) is 0 Å². The fourth-order valence-corrected chi connectivity index (χ4v) is 3.57. The van der Waals surface area contributed by atoms with Crippen LogP contribution in [0.1, 0.15) is 62.5 Å². The van der Waals surface area contributed by atoms with Crippen LogP contribution in [0.2, 0.25) is 0 Å². The summed E-state index contributed by atoms with van der Waals surface area (Å²) >= 11 is 0. The van der Waals surface area contributed by atoms with E-state index < -0.39 is 0 Å². The molecule has 4 nitrogen and oxygen atoms in total. The van der Waals surface area contributed by atoms with Crippen molar-refractivity contribution >= 4 is 5.91 Å². The summed E-state index contributed by atoms with van der Waals surface area (Å²) in [5.74, 6) is 0.122. The first-order valence-electron chi connectivity index (χ1n) is 8.75. The number of likely N-dealkylation sites (tertiary alicyclic amines) is 1. The van der Waals surface area contributed by atoms with Gasteiger partial charge in [-0.3, -0.25) is 4.79 Å². The van der Waals surface area contributed by atoms with E-state index in [1.165, 1.54) is 18.4 Å². The van der Waals surface area contributed by atoms with Gasteiger partial charge in [-0.2, -0.15) is 0 Å². The maximum absolute atomic E-state index is 13.0. The zero-order valence-corrected chi connectivity index (χ0v) is 14.3. The highest BCUT2D eigenvalue weighted by atomic mass is 16.3. The summed E-state index contributed by atoms with van der Waals surface area (Å²) in [6.07, 6.45) is 9.37. The number of nitrogens with zero attached hydrogens (tertiary/aromatic N) is 2. The molecule has 2 fully saturated rings. The smallest absolute Gasteiger partial charge is 0.270 e. The Balaban J connectivity index is 1.75. The molecule has 0 unspecified atom stereocenters. The highest BCUT2D eigenvalue weighted by molar-refractivity contribution is 5.93. The van der Waals surface area contributed by atoms with E-state index in [-0.39, 0.29) is 17.9 Å². The summed E-state index contributed by atoms with van der Waals surface area (Å²) < 4.78 is 2.13. The third-order valence-electron chi connectivity index (χ3n) is 5.17. The summed E-state index contributed by atoms with van der Waals surface area (Å²) in [6, 6.07) is 4.42. The van der Waals surface area contributed by atoms with Crippen molar-refractivity contribution in [3.05, 3.63) is 35.7 Å². The predicted octanol–water partition coefficient (Wildman–Crippen LogP) is 3.39. The molecule has 126 valence electrons. The lowest BCUT2D eigenvalue weighted by Crippen LogP contribution is -2.48. The number of hydrogen-bond donors (Lipinski definition) is 1. The lowest BCUT2D eigenvalue weighted by Gasteiger charge is -2.41. The first-order chi connectivity index (χ1) is 11.0. The average molecular weight is 316 g/mol. The molecule has 0 spiro atoms. The topological polar surface area (TPSA) is 45.5 Å². The van der Waals surface area contributed by atoms with Crippen LogP contribution in [-0.2, 0) is 0 Å². The van der Waals surface area contributed by atoms with E-state index in [0.717, 1.165) is 31.5 Å². The molecule has 1 N–H and O–H groups in total. The van der Waals surface area contributed by atoms with Crippen LogP contribution in [0.15, 0.2) is 30.0 Å². The van der Waals surface area contributed by atoms with E-state index in [4.69, 9.17) is 0 Å². The van der Waals surface area contributed by atoms with E-state index in [9.17, 15) is 9.90 Å². The summed E-state index contributed by atoms with van der Waals surface area (Å²) in [5, 5.41) is 9.96. The lowest BCUT2D eigenvalue weighted by molar-refractivity contribution is 0.0277. The number of aromatic nitrogens is 1. The van der Waals surface area contributed by atoms with Gasteiger partial charge in [-0.25, -0.2) is 0 Å². The molecule has 3 rings (SSSR count). The molecule has 23 heavy (non-hydrogen) atoms. The van der Waals surface area contributed by atoms with Gasteiger partial charge in [0.15, 0.2) is 0 Å². The minimum Gasteiger partial charge on any atom is -0.396 e. The zero-order chi connectivity index (χ0) is 16.4. The number of carbonyl (C=O) groups excluding carboxylic acids is 1. The number of carbonyl (C=O) groups is 1. The lowest BCUT2D eigenvalue weighted by atomic mass is 9.77. The molecule has 0 radical (unpaired) electrons. The molecule has 2 aliphatic rings. The SMILES string of the molecule is CC(C)=CC[C@@]1(CO)CCCN(C(=O)c2cccn2C2CC2)C1. The van der Waals surface area contributed by atoms with Gasteiger partial charge in [0, 0.05) is 30.7 Å². The van der Waals surface area contributed by atoms with E-state index in [2.05, 4.69) is 24.5 Å². The Morgan fingerprint density at radius 1 is 1.43 bits per heavy atom. The predicted molar refractivity (Wildman–Crippen MR) is 91.4 cm³/mol. The normalized spacial score (nSPS) is 24.6. The fourth-order valence-electron chi connectivity index (χ4n) is 3.57. The Labute approximate surface area is 138 Å². The second-order valence-electron chi connectivity index (χ2n) is 7.51. The number of hydrogen-bond acceptors (Lipinski definition) is 2. The van der Waals surface area contributed by atoms with Gasteiger partial charge >= 0.3 is 0 Å². The Morgan fingerprint density at radius 3 is 2.87 bits per heavy atom. The highest BCUT2D eigenvalue weighted by Crippen LogP contribution is 2.38. The summed E-state index contributed by atoms with van der Waals surface area (Å²) in [6.45, 7) is 5.76. The van der Waals surface area contributed by atoms with Crippen molar-refractivity contribution in [1.82, 2.24) is 9.47 Å². The van der Waals surface area contributed by atoms with Crippen molar-refractivity contribution < 1.29 is 9.90 Å². The molecule has 0 aromatic carbocycles. The third-order valence-corrected chi connectivity index (χ3v) is 5.17. The molecule has 1 aromatic rings. The van der Waals surface area contributed by atoms with Crippen molar-refractivity contribution in [3.8, 4) is 0 Å². The fraction of sp³-hybridized carbons (Fsp3) is 0.632. The zero-order valence-electron chi connectivity index (χ0n) is 14.3. The molecule has 1 aliphatic heterocycles. The van der Waals surface area contributed by atoms with Crippen molar-refractivity contribution in [3.63, 3.8) is 0 Å². The van der Waals surface area contributed by atoms with Gasteiger partial charge in [-0.1, -0.05) is 11.6 Å². The number of allylic oxidation sites excluding steroid dienone is 2. The van der Waals surface area contributed by atoms with Gasteiger partial charge in [0.05, 0.1) is 6.61 Å². The second kappa shape index (κ2) is 6.52. The van der Waals surface area contributed by atoms with Gasteiger partial charge in [-0.05, 0) is 58.1 Å². The maximum atomic E-state index is 13.0. The first-order valence-corrected chi connectivity index (χ1v) is 8.75. The van der Waals surface area contributed by atoms with Crippen LogP contribution in [0.5, 0.6) is 0 Å². The minimum absolute atomic E-state index is 0.122. The van der Waals surface area contributed by atoms with Crippen LogP contribution in [0.25, 0.3) is 0 Å². The monoisotopic (exact) mass is 316 g/mol. The highest BCUT2D eigenvalue weighted by Gasteiger charge is 2.37. The standard InChI is InChI=1S/C19H28N2O2/c1-15(2)8-10-19(14-22)9-4-11-20(13-19)18(23)17-5-3-12-21(17)16-6-7-16/h3,5,8,12,16,22H,4,6-7,9-11,13-14H2,1-2H3/t19-/m0/s1. The van der Waals surface area contributed by atoms with Crippen molar-refractivity contribution in [2.75, 3.05) is 19.7 Å². The molecule has 1 atom stereocenters. The summed E-state index contributed by atoms with van der Waals surface area (Å²) in [4.78, 5) is 14.9. The summed E-state index contributed by atoms with van der Waals surface area (Å²) in [7, 11) is 0. The molecule has 1 saturated carbocycles. The Morgan fingerprint density at radius 2 is 2.22 bits per heavy atom. The quantitative estimate of drug-likeness (QED) is 0.846. The van der Waals surface area contributed by atoms with Crippen LogP contribution in [0.4, 0.5) is 0 Å². The minimum atomic E-state index is -0.178. The van der Waals surface area contributed by atoms with Gasteiger partial charge < -0.3 is 14.6 Å². The van der Waals surface area contributed by atoms with E-state index >= 15 is 0 Å². The molecule has 4 heteroatoms. The molecular weight excluding hydrogens is 288 g/mol. The van der Waals surface area contributed by atoms with Gasteiger partial charge in [-0.15, -0.1) is 0 Å². The second-order valence-corrected chi connectivity index (χ2v) is 7.51. The van der Waals surface area contributed by atoms with Crippen LogP contribution in [0, 0.1) is 5.41 Å². The van der Waals surface area contributed by atoms with Crippen LogP contribution >= 0.6 is 0 Å². The Bertz CT molecular complexity index is 596. The molecule has 1 amide bonds. The van der Waals surface area contributed by atoms with Gasteiger partial charge in [0.2, 0.25) is 0 Å². The van der Waals surface area contributed by atoms with E-state index in [1.807, 2.05) is 23.2 Å². The Kier molecular flexibility index (Phi) is 4.62. The average Bonchev–Trinajstić information content (AvgIpc) is 3.29. The molecule has 1 aromatic heterocycles. The van der Waals surface area contributed by atoms with Crippen molar-refractivity contribution in [1.29, 1.82) is 0 Å². The van der Waals surface area contributed by atoms with E-state index in [0.29, 0.717) is 12.6 Å². The number of aliphatic hydroxyl groups is 1. The van der Waals surface area contributed by atoms with Crippen LogP contribution < -0.4 is 0 Å². The third kappa shape index (κ3) is 3.52. The first kappa shape index (κ1) is 16.3. The summed E-state index contributed by atoms with van der Waals surface area (Å²) in [5.41, 5.74) is 1.90. The number of piperidine rings is 1. The molecule has 0 bridgehead atoms. The van der Waals surface area contributed by atoms with Crippen molar-refractivity contribution in [2.24, 2.45) is 5.41 Å². The maximum Gasteiger partial charge on any atom is 0.270 e. The van der Waals surface area contributed by atoms with Crippen LogP contribution in [-0.4, -0.2) is 40.2 Å². The number of aliphatic hydroxyl groups excluding tert-OH is 1. The molecular formula is C19H28N2O2. The largest absolute Gasteiger partial charge is 0.396 e. The molecule has 1 saturated heterocycles. The Hall–Kier alpha value is -1.55. The van der Waals surface area contributed by atoms with Crippen molar-refractivity contribution in [2.45, 2.75) is 52.0 Å². The van der Waals surface area contributed by atoms with Gasteiger partial charge in [0.25, 0.3) is 5.91 Å². The number of amides is 1. The molecule has 2 heterocycles. The van der Waals surface area contributed by atoms with Gasteiger partial charge in [0.1, 0.15) is 5.69 Å². The number of rotatable bonds is 5. The molecule has 1 aliphatic carbocycles. The van der Waals surface area contributed by atoms with E-state index in [1.54, 1.807) is 0 Å².